The molecule has 1 fully saturated rings. The molecule has 0 saturated carbocycles. The molecule has 1 amide bonds. The number of rotatable bonds is 5. The number of carbonyl (C=O) groups is 2. The van der Waals surface area contributed by atoms with Gasteiger partial charge in [-0.15, -0.1) is 0 Å². The summed E-state index contributed by atoms with van der Waals surface area (Å²) in [6, 6.07) is 0.286. The first-order chi connectivity index (χ1) is 8.60. The van der Waals surface area contributed by atoms with Gasteiger partial charge >= 0.3 is 5.97 Å². The monoisotopic (exact) mass is 256 g/mol. The molecule has 1 aliphatic rings. The molecule has 0 radical (unpaired) electrons. The van der Waals surface area contributed by atoms with E-state index in [0.29, 0.717) is 19.4 Å². The molecule has 18 heavy (non-hydrogen) atoms. The fourth-order valence-corrected chi connectivity index (χ4v) is 2.53. The van der Waals surface area contributed by atoms with E-state index in [1.54, 1.807) is 0 Å². The van der Waals surface area contributed by atoms with Gasteiger partial charge in [-0.1, -0.05) is 13.8 Å². The highest BCUT2D eigenvalue weighted by atomic mass is 16.5. The van der Waals surface area contributed by atoms with Gasteiger partial charge in [0.1, 0.15) is 0 Å². The fourth-order valence-electron chi connectivity index (χ4n) is 2.53. The Bertz CT molecular complexity index is 294. The molecule has 1 saturated heterocycles. The van der Waals surface area contributed by atoms with Crippen molar-refractivity contribution >= 4 is 11.9 Å². The van der Waals surface area contributed by atoms with Gasteiger partial charge in [-0.3, -0.25) is 9.59 Å². The van der Waals surface area contributed by atoms with Gasteiger partial charge in [0, 0.05) is 25.6 Å². The van der Waals surface area contributed by atoms with Crippen molar-refractivity contribution < 1.29 is 14.3 Å². The molecule has 1 aliphatic heterocycles. The minimum absolute atomic E-state index is 0.160. The van der Waals surface area contributed by atoms with Crippen LogP contribution in [-0.2, 0) is 14.3 Å². The Morgan fingerprint density at radius 1 is 1.33 bits per heavy atom. The van der Waals surface area contributed by atoms with Crippen molar-refractivity contribution in [3.8, 4) is 0 Å². The van der Waals surface area contributed by atoms with E-state index in [-0.39, 0.29) is 23.8 Å². The normalized spacial score (nSPS) is 23.8. The molecular weight excluding hydrogens is 232 g/mol. The Kier molecular flexibility index (Phi) is 6.12. The maximum Gasteiger partial charge on any atom is 0.305 e. The third kappa shape index (κ3) is 4.29. The lowest BCUT2D eigenvalue weighted by atomic mass is 9.91. The largest absolute Gasteiger partial charge is 0.469 e. The highest BCUT2D eigenvalue weighted by Gasteiger charge is 2.30. The highest BCUT2D eigenvalue weighted by molar-refractivity contribution is 5.76. The number of carbonyl (C=O) groups excluding carboxylic acids is 2. The van der Waals surface area contributed by atoms with Crippen molar-refractivity contribution in [2.75, 3.05) is 26.7 Å². The second-order valence-electron chi connectivity index (χ2n) is 4.79. The molecule has 1 rings (SSSR count). The number of nitrogens with zero attached hydrogens (tertiary/aromatic N) is 1. The molecule has 0 bridgehead atoms. The molecule has 1 N–H and O–H groups in total. The van der Waals surface area contributed by atoms with E-state index in [2.05, 4.69) is 12.2 Å². The number of ether oxygens (including phenoxy) is 1. The Balaban J connectivity index is 2.61. The van der Waals surface area contributed by atoms with E-state index in [9.17, 15) is 9.59 Å². The van der Waals surface area contributed by atoms with Crippen molar-refractivity contribution in [3.05, 3.63) is 0 Å². The number of nitrogens with one attached hydrogen (secondary N) is 1. The van der Waals surface area contributed by atoms with Crippen molar-refractivity contribution in [1.82, 2.24) is 10.2 Å². The Labute approximate surface area is 109 Å². The number of piperidine rings is 1. The van der Waals surface area contributed by atoms with E-state index < -0.39 is 0 Å². The molecular formula is C13H24N2O3. The smallest absolute Gasteiger partial charge is 0.305 e. The lowest BCUT2D eigenvalue weighted by Gasteiger charge is -2.37. The average molecular weight is 256 g/mol. The van der Waals surface area contributed by atoms with Crippen molar-refractivity contribution in [1.29, 1.82) is 0 Å². The molecule has 2 atom stereocenters. The minimum Gasteiger partial charge on any atom is -0.469 e. The summed E-state index contributed by atoms with van der Waals surface area (Å²) in [5.41, 5.74) is 0. The molecule has 0 aromatic heterocycles. The Morgan fingerprint density at radius 2 is 2.06 bits per heavy atom. The summed E-state index contributed by atoms with van der Waals surface area (Å²) >= 11 is 0. The SMILES string of the molecule is CCNC1CC(CC(=O)OC)CN(C(=O)CC)C1. The summed E-state index contributed by atoms with van der Waals surface area (Å²) in [7, 11) is 1.40. The zero-order chi connectivity index (χ0) is 13.5. The maximum atomic E-state index is 11.8. The van der Waals surface area contributed by atoms with Gasteiger partial charge in [0.15, 0.2) is 0 Å². The molecule has 0 aliphatic carbocycles. The van der Waals surface area contributed by atoms with Gasteiger partial charge in [0.05, 0.1) is 13.5 Å². The molecule has 0 spiro atoms. The van der Waals surface area contributed by atoms with E-state index in [1.165, 1.54) is 7.11 Å². The van der Waals surface area contributed by atoms with E-state index in [0.717, 1.165) is 19.5 Å². The second-order valence-corrected chi connectivity index (χ2v) is 4.79. The third-order valence-electron chi connectivity index (χ3n) is 3.37. The quantitative estimate of drug-likeness (QED) is 0.739. The highest BCUT2D eigenvalue weighted by Crippen LogP contribution is 2.21. The lowest BCUT2D eigenvalue weighted by molar-refractivity contribution is -0.143. The first kappa shape index (κ1) is 15.0. The number of esters is 1. The molecule has 1 heterocycles. The maximum absolute atomic E-state index is 11.8. The average Bonchev–Trinajstić information content (AvgIpc) is 2.37. The van der Waals surface area contributed by atoms with Crippen LogP contribution in [0, 0.1) is 5.92 Å². The van der Waals surface area contributed by atoms with E-state index in [4.69, 9.17) is 4.74 Å². The van der Waals surface area contributed by atoms with E-state index in [1.807, 2.05) is 11.8 Å². The number of hydrogen-bond acceptors (Lipinski definition) is 4. The summed E-state index contributed by atoms with van der Waals surface area (Å²) in [6.45, 7) is 6.22. The fraction of sp³-hybridized carbons (Fsp3) is 0.846. The van der Waals surface area contributed by atoms with Crippen LogP contribution >= 0.6 is 0 Å². The standard InChI is InChI=1S/C13H24N2O3/c1-4-12(16)15-8-10(7-13(17)18-3)6-11(9-15)14-5-2/h10-11,14H,4-9H2,1-3H3. The zero-order valence-electron chi connectivity index (χ0n) is 11.6. The Hall–Kier alpha value is -1.10. The Morgan fingerprint density at radius 3 is 2.61 bits per heavy atom. The number of likely N-dealkylation sites (tertiary alicyclic amines) is 1. The molecule has 5 heteroatoms. The minimum atomic E-state index is -0.193. The summed E-state index contributed by atoms with van der Waals surface area (Å²) in [6.07, 6.45) is 1.84. The summed E-state index contributed by atoms with van der Waals surface area (Å²) in [5.74, 6) is 0.166. The molecule has 5 nitrogen and oxygen atoms in total. The van der Waals surface area contributed by atoms with Crippen molar-refractivity contribution in [2.24, 2.45) is 5.92 Å². The molecule has 104 valence electrons. The van der Waals surface area contributed by atoms with Crippen molar-refractivity contribution in [2.45, 2.75) is 39.2 Å². The van der Waals surface area contributed by atoms with Gasteiger partial charge in [-0.25, -0.2) is 0 Å². The van der Waals surface area contributed by atoms with Gasteiger partial charge in [-0.05, 0) is 18.9 Å². The first-order valence-electron chi connectivity index (χ1n) is 6.68. The number of amides is 1. The first-order valence-corrected chi connectivity index (χ1v) is 6.68. The van der Waals surface area contributed by atoms with Crippen LogP contribution in [0.1, 0.15) is 33.1 Å². The van der Waals surface area contributed by atoms with Gasteiger partial charge in [-0.2, -0.15) is 0 Å². The summed E-state index contributed by atoms with van der Waals surface area (Å²) in [4.78, 5) is 25.0. The van der Waals surface area contributed by atoms with Crippen LogP contribution in [0.5, 0.6) is 0 Å². The van der Waals surface area contributed by atoms with Crippen LogP contribution in [-0.4, -0.2) is 49.6 Å². The second kappa shape index (κ2) is 7.36. The predicted octanol–water partition coefficient (Wildman–Crippen LogP) is 0.786. The summed E-state index contributed by atoms with van der Waals surface area (Å²) < 4.78 is 4.71. The topological polar surface area (TPSA) is 58.6 Å². The molecule has 0 aromatic carbocycles. The van der Waals surface area contributed by atoms with Crippen LogP contribution in [0.2, 0.25) is 0 Å². The molecule has 2 unspecified atom stereocenters. The van der Waals surface area contributed by atoms with Crippen molar-refractivity contribution in [3.63, 3.8) is 0 Å². The van der Waals surface area contributed by atoms with Crippen LogP contribution in [0.25, 0.3) is 0 Å². The van der Waals surface area contributed by atoms with Gasteiger partial charge < -0.3 is 15.0 Å². The van der Waals surface area contributed by atoms with Crippen LogP contribution in [0.15, 0.2) is 0 Å². The number of methoxy groups -OCH3 is 1. The van der Waals surface area contributed by atoms with Gasteiger partial charge in [0.2, 0.25) is 5.91 Å². The number of likely N-dealkylation sites (N-methyl/N-ethyl adjacent to an activating group) is 1. The van der Waals surface area contributed by atoms with Gasteiger partial charge in [0.25, 0.3) is 0 Å². The lowest BCUT2D eigenvalue weighted by Crippen LogP contribution is -2.51. The van der Waals surface area contributed by atoms with Crippen LogP contribution in [0.3, 0.4) is 0 Å². The summed E-state index contributed by atoms with van der Waals surface area (Å²) in [5, 5.41) is 3.37. The number of hydrogen-bond donors (Lipinski definition) is 1. The van der Waals surface area contributed by atoms with E-state index >= 15 is 0 Å². The van der Waals surface area contributed by atoms with Crippen LogP contribution in [0.4, 0.5) is 0 Å². The predicted molar refractivity (Wildman–Crippen MR) is 69.1 cm³/mol. The van der Waals surface area contributed by atoms with Crippen LogP contribution < -0.4 is 5.32 Å². The molecule has 0 aromatic rings. The third-order valence-corrected chi connectivity index (χ3v) is 3.37. The zero-order valence-corrected chi connectivity index (χ0v) is 11.6.